The summed E-state index contributed by atoms with van der Waals surface area (Å²) < 4.78 is 58.9. The number of alkyl halides is 3. The van der Waals surface area contributed by atoms with Crippen molar-refractivity contribution in [2.24, 2.45) is 0 Å². The van der Waals surface area contributed by atoms with Crippen LogP contribution in [0.4, 0.5) is 33.7 Å². The van der Waals surface area contributed by atoms with Gasteiger partial charge in [0, 0.05) is 23.0 Å². The van der Waals surface area contributed by atoms with Gasteiger partial charge in [0.05, 0.1) is 22.6 Å². The van der Waals surface area contributed by atoms with Crippen molar-refractivity contribution in [1.29, 1.82) is 0 Å². The second-order valence-electron chi connectivity index (χ2n) is 7.64. The van der Waals surface area contributed by atoms with Crippen molar-refractivity contribution < 1.29 is 32.2 Å². The minimum atomic E-state index is -4.69. The van der Waals surface area contributed by atoms with Gasteiger partial charge in [-0.1, -0.05) is 24.3 Å². The SMILES string of the molecule is CNC(O)c1cc(Oc2ccc(NC(=O)Nc3cc(C(F)(F)F)ccc3F)c3ccccc23)ccn1. The van der Waals surface area contributed by atoms with E-state index in [4.69, 9.17) is 4.74 Å². The average Bonchev–Trinajstić information content (AvgIpc) is 2.86. The van der Waals surface area contributed by atoms with E-state index in [1.165, 1.54) is 6.20 Å². The number of ether oxygens (including phenoxy) is 1. The molecule has 36 heavy (non-hydrogen) atoms. The van der Waals surface area contributed by atoms with Crippen LogP contribution >= 0.6 is 0 Å². The molecule has 4 aromatic rings. The van der Waals surface area contributed by atoms with E-state index in [1.807, 2.05) is 0 Å². The first-order valence-electron chi connectivity index (χ1n) is 10.6. The van der Waals surface area contributed by atoms with Gasteiger partial charge in [0.2, 0.25) is 0 Å². The lowest BCUT2D eigenvalue weighted by Crippen LogP contribution is -2.21. The van der Waals surface area contributed by atoms with Crippen LogP contribution in [0.2, 0.25) is 0 Å². The number of carbonyl (C=O) groups excluding carboxylic acids is 1. The number of aromatic nitrogens is 1. The van der Waals surface area contributed by atoms with E-state index in [0.717, 1.165) is 0 Å². The van der Waals surface area contributed by atoms with Gasteiger partial charge in [-0.15, -0.1) is 0 Å². The zero-order valence-electron chi connectivity index (χ0n) is 18.7. The third-order valence-electron chi connectivity index (χ3n) is 5.21. The maximum absolute atomic E-state index is 14.0. The number of urea groups is 1. The Kier molecular flexibility index (Phi) is 7.04. The molecule has 0 aliphatic carbocycles. The summed E-state index contributed by atoms with van der Waals surface area (Å²) in [7, 11) is 1.58. The standard InChI is InChI=1S/C25H20F4N4O3/c1-30-23(34)21-13-15(10-11-31-21)36-22-9-8-19(16-4-2-3-5-17(16)22)32-24(35)33-20-12-14(25(27,28)29)6-7-18(20)26/h2-13,23,30,34H,1H3,(H2,32,33,35). The lowest BCUT2D eigenvalue weighted by atomic mass is 10.1. The van der Waals surface area contributed by atoms with Crippen molar-refractivity contribution in [2.45, 2.75) is 12.4 Å². The zero-order valence-corrected chi connectivity index (χ0v) is 18.7. The van der Waals surface area contributed by atoms with Gasteiger partial charge in [0.25, 0.3) is 0 Å². The molecule has 4 N–H and O–H groups in total. The van der Waals surface area contributed by atoms with Crippen molar-refractivity contribution in [1.82, 2.24) is 10.3 Å². The van der Waals surface area contributed by atoms with Crippen LogP contribution in [0.1, 0.15) is 17.5 Å². The van der Waals surface area contributed by atoms with Gasteiger partial charge in [-0.3, -0.25) is 10.3 Å². The number of benzene rings is 3. The van der Waals surface area contributed by atoms with Gasteiger partial charge >= 0.3 is 12.2 Å². The summed E-state index contributed by atoms with van der Waals surface area (Å²) in [4.78, 5) is 16.6. The Labute approximate surface area is 202 Å². The highest BCUT2D eigenvalue weighted by atomic mass is 19.4. The van der Waals surface area contributed by atoms with Crippen LogP contribution < -0.4 is 20.7 Å². The topological polar surface area (TPSA) is 95.5 Å². The third-order valence-corrected chi connectivity index (χ3v) is 5.21. The number of halogens is 4. The molecule has 0 saturated carbocycles. The zero-order chi connectivity index (χ0) is 25.9. The number of pyridine rings is 1. The van der Waals surface area contributed by atoms with Gasteiger partial charge in [-0.2, -0.15) is 13.2 Å². The number of amides is 2. The van der Waals surface area contributed by atoms with Crippen molar-refractivity contribution in [3.05, 3.63) is 90.0 Å². The van der Waals surface area contributed by atoms with Crippen LogP contribution in [0.5, 0.6) is 11.5 Å². The minimum Gasteiger partial charge on any atom is -0.457 e. The Morgan fingerprint density at radius 3 is 2.42 bits per heavy atom. The number of hydrogen-bond acceptors (Lipinski definition) is 5. The molecule has 0 aliphatic heterocycles. The largest absolute Gasteiger partial charge is 0.457 e. The molecule has 2 amide bonds. The summed E-state index contributed by atoms with van der Waals surface area (Å²) in [5.41, 5.74) is -1.02. The molecule has 0 saturated heterocycles. The monoisotopic (exact) mass is 500 g/mol. The minimum absolute atomic E-state index is 0.323. The molecular formula is C25H20F4N4O3. The van der Waals surface area contributed by atoms with Crippen LogP contribution in [0.3, 0.4) is 0 Å². The molecule has 1 atom stereocenters. The third kappa shape index (κ3) is 5.53. The van der Waals surface area contributed by atoms with Crippen LogP contribution in [0.25, 0.3) is 10.8 Å². The number of aliphatic hydroxyl groups is 1. The predicted molar refractivity (Wildman–Crippen MR) is 126 cm³/mol. The molecule has 3 aromatic carbocycles. The van der Waals surface area contributed by atoms with E-state index >= 15 is 0 Å². The molecule has 0 spiro atoms. The van der Waals surface area contributed by atoms with Crippen LogP contribution in [-0.2, 0) is 6.18 Å². The van der Waals surface area contributed by atoms with E-state index in [2.05, 4.69) is 20.9 Å². The van der Waals surface area contributed by atoms with Crippen LogP contribution in [0.15, 0.2) is 72.9 Å². The number of rotatable bonds is 6. The molecule has 0 bridgehead atoms. The summed E-state index contributed by atoms with van der Waals surface area (Å²) in [6.07, 6.45) is -4.18. The second kappa shape index (κ2) is 10.2. The Morgan fingerprint density at radius 2 is 1.69 bits per heavy atom. The van der Waals surface area contributed by atoms with E-state index < -0.39 is 35.5 Å². The van der Waals surface area contributed by atoms with Gasteiger partial charge in [-0.05, 0) is 43.4 Å². The van der Waals surface area contributed by atoms with Crippen LogP contribution in [0, 0.1) is 5.82 Å². The van der Waals surface area contributed by atoms with E-state index in [0.29, 0.717) is 51.9 Å². The summed E-state index contributed by atoms with van der Waals surface area (Å²) in [5.74, 6) is -0.152. The second-order valence-corrected chi connectivity index (χ2v) is 7.64. The Bertz CT molecular complexity index is 1410. The van der Waals surface area contributed by atoms with Crippen molar-refractivity contribution in [2.75, 3.05) is 17.7 Å². The van der Waals surface area contributed by atoms with Crippen LogP contribution in [-0.4, -0.2) is 23.2 Å². The summed E-state index contributed by atoms with van der Waals surface area (Å²) in [6.45, 7) is 0. The smallest absolute Gasteiger partial charge is 0.416 e. The number of nitrogens with zero attached hydrogens (tertiary/aromatic N) is 1. The predicted octanol–water partition coefficient (Wildman–Crippen LogP) is 6.04. The Hall–Kier alpha value is -4.22. The maximum Gasteiger partial charge on any atom is 0.416 e. The molecule has 186 valence electrons. The fourth-order valence-electron chi connectivity index (χ4n) is 3.46. The summed E-state index contributed by atoms with van der Waals surface area (Å²) in [5, 5.41) is 18.4. The Morgan fingerprint density at radius 1 is 0.972 bits per heavy atom. The molecule has 0 aliphatic rings. The molecule has 1 unspecified atom stereocenters. The van der Waals surface area contributed by atoms with E-state index in [1.54, 1.807) is 55.6 Å². The summed E-state index contributed by atoms with van der Waals surface area (Å²) >= 11 is 0. The first-order valence-corrected chi connectivity index (χ1v) is 10.6. The number of fused-ring (bicyclic) bond motifs is 1. The molecule has 1 heterocycles. The fraction of sp³-hybridized carbons (Fsp3) is 0.120. The van der Waals surface area contributed by atoms with Gasteiger partial charge in [-0.25, -0.2) is 9.18 Å². The summed E-state index contributed by atoms with van der Waals surface area (Å²) in [6, 6.07) is 14.1. The molecule has 4 rings (SSSR count). The van der Waals surface area contributed by atoms with E-state index in [9.17, 15) is 27.5 Å². The average molecular weight is 500 g/mol. The Balaban J connectivity index is 1.58. The molecule has 11 heteroatoms. The van der Waals surface area contributed by atoms with Gasteiger partial charge < -0.3 is 20.5 Å². The van der Waals surface area contributed by atoms with E-state index in [-0.39, 0.29) is 0 Å². The number of nitrogens with one attached hydrogen (secondary N) is 3. The van der Waals surface area contributed by atoms with Crippen molar-refractivity contribution in [3.8, 4) is 11.5 Å². The maximum atomic E-state index is 14.0. The number of aliphatic hydroxyl groups excluding tert-OH is 1. The number of hydrogen-bond donors (Lipinski definition) is 4. The fourth-order valence-corrected chi connectivity index (χ4v) is 3.46. The number of anilines is 2. The highest BCUT2D eigenvalue weighted by Gasteiger charge is 2.31. The van der Waals surface area contributed by atoms with Gasteiger partial charge in [0.15, 0.2) is 0 Å². The van der Waals surface area contributed by atoms with Gasteiger partial charge in [0.1, 0.15) is 23.5 Å². The van der Waals surface area contributed by atoms with Crippen molar-refractivity contribution >= 4 is 28.2 Å². The molecule has 0 radical (unpaired) electrons. The molecule has 0 fully saturated rings. The molecule has 7 nitrogen and oxygen atoms in total. The lowest BCUT2D eigenvalue weighted by Gasteiger charge is -2.15. The first-order chi connectivity index (χ1) is 17.2. The quantitative estimate of drug-likeness (QED) is 0.191. The molecular weight excluding hydrogens is 480 g/mol. The van der Waals surface area contributed by atoms with Crippen molar-refractivity contribution in [3.63, 3.8) is 0 Å². The highest BCUT2D eigenvalue weighted by molar-refractivity contribution is 6.07. The lowest BCUT2D eigenvalue weighted by molar-refractivity contribution is -0.137. The highest BCUT2D eigenvalue weighted by Crippen LogP contribution is 2.35. The first kappa shape index (κ1) is 24.9. The molecule has 1 aromatic heterocycles. The normalized spacial score (nSPS) is 12.3. The number of carbonyl (C=O) groups is 1.